The lowest BCUT2D eigenvalue weighted by molar-refractivity contribution is -0.385. The molecule has 5 nitrogen and oxygen atoms in total. The fraction of sp³-hybridized carbons (Fsp3) is 0.611. The monoisotopic (exact) mass is 349 g/mol. The first-order chi connectivity index (χ1) is 11.4. The molecule has 24 heavy (non-hydrogen) atoms. The van der Waals surface area contributed by atoms with Gasteiger partial charge in [-0.3, -0.25) is 14.9 Å². The molecule has 0 radical (unpaired) electrons. The standard InChI is InChI=1S/C18H20ClNO4/c19-14-1-2-16(15(6-14)20(22)23)24-10-17(21)18-7-11-3-12(8-18)5-13(4-11)9-18/h1-2,6,11-13H,3-5,7-10H2. The van der Waals surface area contributed by atoms with Gasteiger partial charge in [0.2, 0.25) is 0 Å². The minimum absolute atomic E-state index is 0.0887. The van der Waals surface area contributed by atoms with Gasteiger partial charge in [0.15, 0.2) is 11.5 Å². The average molecular weight is 350 g/mol. The van der Waals surface area contributed by atoms with Gasteiger partial charge in [-0.15, -0.1) is 0 Å². The van der Waals surface area contributed by atoms with E-state index in [0.717, 1.165) is 19.3 Å². The summed E-state index contributed by atoms with van der Waals surface area (Å²) in [5, 5.41) is 11.4. The number of hydrogen-bond acceptors (Lipinski definition) is 4. The molecular weight excluding hydrogens is 330 g/mol. The van der Waals surface area contributed by atoms with Crippen molar-refractivity contribution in [2.75, 3.05) is 6.61 Å². The number of Topliss-reactive ketones (excluding diaryl/α,β-unsaturated/α-hetero) is 1. The fourth-order valence-corrected chi connectivity index (χ4v) is 5.67. The Kier molecular flexibility index (Phi) is 3.79. The number of halogens is 1. The number of nitro benzene ring substituents is 1. The van der Waals surface area contributed by atoms with Crippen molar-refractivity contribution in [2.24, 2.45) is 23.2 Å². The normalized spacial score (nSPS) is 33.5. The highest BCUT2D eigenvalue weighted by Gasteiger charge is 2.54. The zero-order chi connectivity index (χ0) is 16.9. The highest BCUT2D eigenvalue weighted by Crippen LogP contribution is 2.60. The predicted molar refractivity (Wildman–Crippen MR) is 89.2 cm³/mol. The molecule has 0 N–H and O–H groups in total. The quantitative estimate of drug-likeness (QED) is 0.583. The zero-order valence-corrected chi connectivity index (χ0v) is 14.1. The summed E-state index contributed by atoms with van der Waals surface area (Å²) in [7, 11) is 0. The summed E-state index contributed by atoms with van der Waals surface area (Å²) in [4.78, 5) is 23.5. The Morgan fingerprint density at radius 1 is 1.21 bits per heavy atom. The summed E-state index contributed by atoms with van der Waals surface area (Å²) in [6, 6.07) is 4.26. The van der Waals surface area contributed by atoms with E-state index in [9.17, 15) is 14.9 Å². The molecule has 5 rings (SSSR count). The zero-order valence-electron chi connectivity index (χ0n) is 13.4. The maximum Gasteiger partial charge on any atom is 0.312 e. The van der Waals surface area contributed by atoms with Crippen LogP contribution in [0.5, 0.6) is 5.75 Å². The minimum Gasteiger partial charge on any atom is -0.479 e. The summed E-state index contributed by atoms with van der Waals surface area (Å²) >= 11 is 5.81. The van der Waals surface area contributed by atoms with E-state index in [0.29, 0.717) is 17.8 Å². The number of ether oxygens (including phenoxy) is 1. The molecular formula is C18H20ClNO4. The summed E-state index contributed by atoms with van der Waals surface area (Å²) in [6.45, 7) is -0.0887. The first-order valence-electron chi connectivity index (χ1n) is 8.55. The van der Waals surface area contributed by atoms with Crippen LogP contribution < -0.4 is 4.74 Å². The van der Waals surface area contributed by atoms with Gasteiger partial charge in [0, 0.05) is 16.5 Å². The van der Waals surface area contributed by atoms with Gasteiger partial charge in [0.25, 0.3) is 0 Å². The van der Waals surface area contributed by atoms with Crippen molar-refractivity contribution < 1.29 is 14.5 Å². The first kappa shape index (κ1) is 15.9. The van der Waals surface area contributed by atoms with Gasteiger partial charge in [-0.05, 0) is 68.4 Å². The van der Waals surface area contributed by atoms with Crippen LogP contribution in [0.2, 0.25) is 5.02 Å². The van der Waals surface area contributed by atoms with Crippen LogP contribution in [-0.4, -0.2) is 17.3 Å². The van der Waals surface area contributed by atoms with E-state index in [-0.39, 0.29) is 34.3 Å². The van der Waals surface area contributed by atoms with Crippen molar-refractivity contribution in [3.8, 4) is 5.75 Å². The summed E-state index contributed by atoms with van der Waals surface area (Å²) in [5.41, 5.74) is -0.434. The van der Waals surface area contributed by atoms with Gasteiger partial charge in [0.1, 0.15) is 6.61 Å². The van der Waals surface area contributed by atoms with Crippen molar-refractivity contribution in [3.63, 3.8) is 0 Å². The maximum atomic E-state index is 12.9. The molecule has 4 fully saturated rings. The fourth-order valence-electron chi connectivity index (χ4n) is 5.50. The van der Waals surface area contributed by atoms with Crippen molar-refractivity contribution in [2.45, 2.75) is 38.5 Å². The van der Waals surface area contributed by atoms with Gasteiger partial charge < -0.3 is 4.74 Å². The molecule has 0 amide bonds. The Bertz CT molecular complexity index is 667. The van der Waals surface area contributed by atoms with Crippen molar-refractivity contribution >= 4 is 23.1 Å². The maximum absolute atomic E-state index is 12.9. The Morgan fingerprint density at radius 2 is 1.79 bits per heavy atom. The van der Waals surface area contributed by atoms with E-state index in [1.54, 1.807) is 6.07 Å². The van der Waals surface area contributed by atoms with Crippen LogP contribution in [0.4, 0.5) is 5.69 Å². The van der Waals surface area contributed by atoms with E-state index in [4.69, 9.17) is 16.3 Å². The molecule has 1 aromatic carbocycles. The topological polar surface area (TPSA) is 69.4 Å². The smallest absolute Gasteiger partial charge is 0.312 e. The molecule has 1 aromatic rings. The van der Waals surface area contributed by atoms with Crippen LogP contribution in [0, 0.1) is 33.3 Å². The van der Waals surface area contributed by atoms with Crippen LogP contribution >= 0.6 is 11.6 Å². The highest BCUT2D eigenvalue weighted by atomic mass is 35.5. The lowest BCUT2D eigenvalue weighted by Gasteiger charge is -2.55. The van der Waals surface area contributed by atoms with Crippen LogP contribution in [0.1, 0.15) is 38.5 Å². The van der Waals surface area contributed by atoms with Gasteiger partial charge in [-0.1, -0.05) is 11.6 Å². The van der Waals surface area contributed by atoms with E-state index < -0.39 is 4.92 Å². The van der Waals surface area contributed by atoms with E-state index >= 15 is 0 Å². The molecule has 4 bridgehead atoms. The summed E-state index contributed by atoms with van der Waals surface area (Å²) < 4.78 is 5.55. The van der Waals surface area contributed by atoms with Gasteiger partial charge in [-0.2, -0.15) is 0 Å². The molecule has 0 unspecified atom stereocenters. The van der Waals surface area contributed by atoms with Crippen LogP contribution in [0.25, 0.3) is 0 Å². The average Bonchev–Trinajstić information content (AvgIpc) is 2.52. The Labute approximate surface area is 145 Å². The Balaban J connectivity index is 1.49. The Hall–Kier alpha value is -1.62. The van der Waals surface area contributed by atoms with Crippen LogP contribution in [-0.2, 0) is 4.79 Å². The lowest BCUT2D eigenvalue weighted by Crippen LogP contribution is -2.51. The van der Waals surface area contributed by atoms with Crippen LogP contribution in [0.3, 0.4) is 0 Å². The number of benzene rings is 1. The van der Waals surface area contributed by atoms with Crippen molar-refractivity contribution in [3.05, 3.63) is 33.3 Å². The van der Waals surface area contributed by atoms with Crippen molar-refractivity contribution in [1.29, 1.82) is 0 Å². The number of ketones is 1. The third-order valence-electron chi connectivity index (χ3n) is 6.11. The largest absolute Gasteiger partial charge is 0.479 e. The molecule has 4 aliphatic carbocycles. The minimum atomic E-state index is -0.531. The summed E-state index contributed by atoms with van der Waals surface area (Å²) in [6.07, 6.45) is 6.75. The molecule has 6 heteroatoms. The number of nitro groups is 1. The first-order valence-corrected chi connectivity index (χ1v) is 8.93. The van der Waals surface area contributed by atoms with Gasteiger partial charge in [-0.25, -0.2) is 0 Å². The van der Waals surface area contributed by atoms with E-state index in [1.807, 2.05) is 0 Å². The number of hydrogen-bond donors (Lipinski definition) is 0. The molecule has 0 heterocycles. The molecule has 128 valence electrons. The number of rotatable bonds is 5. The second kappa shape index (κ2) is 5.73. The molecule has 0 aromatic heterocycles. The number of carbonyl (C=O) groups is 1. The molecule has 0 spiro atoms. The van der Waals surface area contributed by atoms with Gasteiger partial charge >= 0.3 is 5.69 Å². The second-order valence-corrected chi connectivity index (χ2v) is 8.22. The molecule has 0 saturated heterocycles. The van der Waals surface area contributed by atoms with Crippen molar-refractivity contribution in [1.82, 2.24) is 0 Å². The molecule has 4 saturated carbocycles. The highest BCUT2D eigenvalue weighted by molar-refractivity contribution is 6.30. The summed E-state index contributed by atoms with van der Waals surface area (Å²) in [5.74, 6) is 2.29. The van der Waals surface area contributed by atoms with Gasteiger partial charge in [0.05, 0.1) is 4.92 Å². The van der Waals surface area contributed by atoms with E-state index in [2.05, 4.69) is 0 Å². The number of nitrogens with zero attached hydrogens (tertiary/aromatic N) is 1. The SMILES string of the molecule is O=C(COc1ccc(Cl)cc1[N+](=O)[O-])C12CC3CC(CC(C3)C1)C2. The lowest BCUT2D eigenvalue weighted by atomic mass is 9.48. The molecule has 4 aliphatic rings. The third-order valence-corrected chi connectivity index (χ3v) is 6.34. The van der Waals surface area contributed by atoms with E-state index in [1.165, 1.54) is 31.4 Å². The third kappa shape index (κ3) is 2.69. The second-order valence-electron chi connectivity index (χ2n) is 7.78. The molecule has 0 atom stereocenters. The van der Waals surface area contributed by atoms with Crippen LogP contribution in [0.15, 0.2) is 18.2 Å². The molecule has 0 aliphatic heterocycles. The predicted octanol–water partition coefficient (Wildman–Crippen LogP) is 4.41. The number of carbonyl (C=O) groups excluding carboxylic acids is 1. The Morgan fingerprint density at radius 3 is 2.33 bits per heavy atom.